The molecular formula is C8H15N5O7. The van der Waals surface area contributed by atoms with Gasteiger partial charge in [0.2, 0.25) is 0 Å². The first-order valence-corrected chi connectivity index (χ1v) is 5.85. The van der Waals surface area contributed by atoms with E-state index in [1.54, 1.807) is 10.3 Å². The summed E-state index contributed by atoms with van der Waals surface area (Å²) in [4.78, 5) is 32.0. The summed E-state index contributed by atoms with van der Waals surface area (Å²) in [7, 11) is 0. The molecule has 12 heteroatoms. The Balaban J connectivity index is 2.77. The third kappa shape index (κ3) is 3.96. The van der Waals surface area contributed by atoms with Gasteiger partial charge in [-0.05, 0) is 0 Å². The highest BCUT2D eigenvalue weighted by molar-refractivity contribution is 4.75. The summed E-state index contributed by atoms with van der Waals surface area (Å²) >= 11 is 0. The average Bonchev–Trinajstić information content (AvgIpc) is 2.37. The first kappa shape index (κ1) is 16.0. The zero-order chi connectivity index (χ0) is 15.2. The van der Waals surface area contributed by atoms with E-state index in [-0.39, 0.29) is 0 Å². The number of hydrogen-bond donors (Lipinski definition) is 1. The van der Waals surface area contributed by atoms with Crippen LogP contribution in [0.4, 0.5) is 0 Å². The molecule has 0 unspecified atom stereocenters. The van der Waals surface area contributed by atoms with Crippen molar-refractivity contribution in [1.29, 1.82) is 0 Å². The van der Waals surface area contributed by atoms with Crippen LogP contribution in [0.3, 0.4) is 0 Å². The van der Waals surface area contributed by atoms with Crippen molar-refractivity contribution in [2.45, 2.75) is 12.1 Å². The molecule has 0 spiro atoms. The molecule has 12 nitrogen and oxygen atoms in total. The Morgan fingerprint density at radius 3 is 2.10 bits per heavy atom. The second kappa shape index (κ2) is 6.91. The molecule has 1 aliphatic rings. The van der Waals surface area contributed by atoms with Crippen LogP contribution < -0.4 is 5.43 Å². The van der Waals surface area contributed by atoms with Gasteiger partial charge in [-0.1, -0.05) is 0 Å². The first-order valence-electron chi connectivity index (χ1n) is 5.85. The fourth-order valence-electron chi connectivity index (χ4n) is 1.91. The number of morpholine rings is 1. The minimum absolute atomic E-state index is 0.346. The smallest absolute Gasteiger partial charge is 0.379 e. The molecule has 0 aromatic rings. The largest absolute Gasteiger partial charge is 0.472 e. The molecule has 1 heterocycles. The van der Waals surface area contributed by atoms with Crippen LogP contribution >= 0.6 is 0 Å². The van der Waals surface area contributed by atoms with Crippen molar-refractivity contribution in [3.63, 3.8) is 0 Å². The molecular weight excluding hydrogens is 278 g/mol. The van der Waals surface area contributed by atoms with Crippen molar-refractivity contribution >= 4 is 0 Å². The third-order valence-electron chi connectivity index (χ3n) is 3.03. The maximum absolute atomic E-state index is 11.1. The van der Waals surface area contributed by atoms with Crippen LogP contribution in [0.25, 0.3) is 0 Å². The van der Waals surface area contributed by atoms with Gasteiger partial charge in [0, 0.05) is 13.1 Å². The summed E-state index contributed by atoms with van der Waals surface area (Å²) in [5.41, 5.74) is -0.740. The zero-order valence-electron chi connectivity index (χ0n) is 10.6. The molecule has 0 bridgehead atoms. The van der Waals surface area contributed by atoms with Crippen LogP contribution in [0.1, 0.15) is 6.42 Å². The molecule has 1 saturated heterocycles. The van der Waals surface area contributed by atoms with Gasteiger partial charge in [0.1, 0.15) is 13.0 Å². The SMILES string of the molecule is O=[N+]([O-])NCCC(CN1CCOCC1)([N+](=O)[O-])[N+](=O)[O-]. The standard InChI is InChI=1S/C8H15N5O7/c14-11(15)8(12(16)17,1-2-9-13(18)19)7-10-3-5-20-6-4-10/h9H,1-7H2. The zero-order valence-corrected chi connectivity index (χ0v) is 10.6. The van der Waals surface area contributed by atoms with Gasteiger partial charge in [-0.2, -0.15) is 0 Å². The highest BCUT2D eigenvalue weighted by Gasteiger charge is 2.57. The lowest BCUT2D eigenvalue weighted by Gasteiger charge is -2.29. The highest BCUT2D eigenvalue weighted by Crippen LogP contribution is 2.18. The molecule has 0 aromatic heterocycles. The van der Waals surface area contributed by atoms with Crippen molar-refractivity contribution in [2.24, 2.45) is 0 Å². The number of nitrogens with one attached hydrogen (secondary N) is 1. The summed E-state index contributed by atoms with van der Waals surface area (Å²) in [6, 6.07) is 0. The first-order chi connectivity index (χ1) is 9.38. The number of ether oxygens (including phenoxy) is 1. The maximum atomic E-state index is 11.1. The lowest BCUT2D eigenvalue weighted by atomic mass is 10.1. The Kier molecular flexibility index (Phi) is 5.52. The average molecular weight is 293 g/mol. The van der Waals surface area contributed by atoms with E-state index in [9.17, 15) is 30.3 Å². The summed E-state index contributed by atoms with van der Waals surface area (Å²) in [6.45, 7) is 0.532. The lowest BCUT2D eigenvalue weighted by molar-refractivity contribution is -0.797. The van der Waals surface area contributed by atoms with Gasteiger partial charge < -0.3 is 4.74 Å². The van der Waals surface area contributed by atoms with E-state index in [0.29, 0.717) is 26.3 Å². The fraction of sp³-hybridized carbons (Fsp3) is 1.00. The van der Waals surface area contributed by atoms with Crippen molar-refractivity contribution in [1.82, 2.24) is 10.3 Å². The molecule has 0 aliphatic carbocycles. The monoisotopic (exact) mass is 293 g/mol. The highest BCUT2D eigenvalue weighted by atomic mass is 16.7. The molecule has 0 atom stereocenters. The van der Waals surface area contributed by atoms with Crippen molar-refractivity contribution in [3.05, 3.63) is 30.3 Å². The van der Waals surface area contributed by atoms with Crippen LogP contribution in [0.5, 0.6) is 0 Å². The van der Waals surface area contributed by atoms with Crippen molar-refractivity contribution in [3.8, 4) is 0 Å². The quantitative estimate of drug-likeness (QED) is 0.328. The van der Waals surface area contributed by atoms with E-state index in [4.69, 9.17) is 4.74 Å². The van der Waals surface area contributed by atoms with Gasteiger partial charge >= 0.3 is 5.66 Å². The topological polar surface area (TPSA) is 154 Å². The Hall–Kier alpha value is -2.08. The Morgan fingerprint density at radius 2 is 1.65 bits per heavy atom. The van der Waals surface area contributed by atoms with Gasteiger partial charge in [-0.3, -0.25) is 25.1 Å². The number of nitrogens with zero attached hydrogens (tertiary/aromatic N) is 4. The van der Waals surface area contributed by atoms with Gasteiger partial charge in [-0.15, -0.1) is 5.43 Å². The molecule has 1 rings (SSSR count). The predicted molar refractivity (Wildman–Crippen MR) is 63.6 cm³/mol. The van der Waals surface area contributed by atoms with Crippen molar-refractivity contribution < 1.29 is 19.6 Å². The van der Waals surface area contributed by atoms with Gasteiger partial charge in [0.05, 0.1) is 29.6 Å². The fourth-order valence-corrected chi connectivity index (χ4v) is 1.91. The molecule has 114 valence electrons. The second-order valence-electron chi connectivity index (χ2n) is 4.30. The van der Waals surface area contributed by atoms with Crippen molar-refractivity contribution in [2.75, 3.05) is 39.4 Å². The molecule has 1 N–H and O–H groups in total. The minimum atomic E-state index is -2.46. The normalized spacial score (nSPS) is 16.6. The van der Waals surface area contributed by atoms with Crippen LogP contribution in [0, 0.1) is 30.3 Å². The Morgan fingerprint density at radius 1 is 1.10 bits per heavy atom. The number of rotatable bonds is 8. The van der Waals surface area contributed by atoms with E-state index in [1.165, 1.54) is 0 Å². The molecule has 0 radical (unpaired) electrons. The third-order valence-corrected chi connectivity index (χ3v) is 3.03. The summed E-state index contributed by atoms with van der Waals surface area (Å²) < 4.78 is 5.06. The molecule has 1 fully saturated rings. The van der Waals surface area contributed by atoms with Crippen LogP contribution in [0.15, 0.2) is 0 Å². The van der Waals surface area contributed by atoms with E-state index >= 15 is 0 Å². The van der Waals surface area contributed by atoms with E-state index in [0.717, 1.165) is 0 Å². The van der Waals surface area contributed by atoms with Gasteiger partial charge in [0.25, 0.3) is 0 Å². The molecule has 20 heavy (non-hydrogen) atoms. The Labute approximate surface area is 113 Å². The summed E-state index contributed by atoms with van der Waals surface area (Å²) in [5, 5.41) is 31.5. The van der Waals surface area contributed by atoms with Crippen LogP contribution in [-0.4, -0.2) is 64.8 Å². The van der Waals surface area contributed by atoms with E-state index < -0.39 is 40.1 Å². The predicted octanol–water partition coefficient (Wildman–Crippen LogP) is -1.26. The number of nitro groups is 3. The number of hydrogen-bond acceptors (Lipinski definition) is 8. The van der Waals surface area contributed by atoms with E-state index in [1.807, 2.05) is 0 Å². The van der Waals surface area contributed by atoms with Gasteiger partial charge in [0.15, 0.2) is 5.03 Å². The summed E-state index contributed by atoms with van der Waals surface area (Å²) in [6.07, 6.45) is -0.578. The lowest BCUT2D eigenvalue weighted by Crippen LogP contribution is -2.57. The second-order valence-corrected chi connectivity index (χ2v) is 4.30. The van der Waals surface area contributed by atoms with Gasteiger partial charge in [-0.25, -0.2) is 10.1 Å². The minimum Gasteiger partial charge on any atom is -0.379 e. The van der Waals surface area contributed by atoms with E-state index in [2.05, 4.69) is 0 Å². The Bertz CT molecular complexity index is 369. The number of hydrazine groups is 1. The molecule has 1 aliphatic heterocycles. The molecule has 0 saturated carbocycles. The van der Waals surface area contributed by atoms with Crippen LogP contribution in [0.2, 0.25) is 0 Å². The summed E-state index contributed by atoms with van der Waals surface area (Å²) in [5.74, 6) is 0. The van der Waals surface area contributed by atoms with Crippen LogP contribution in [-0.2, 0) is 4.74 Å². The molecule has 0 amide bonds. The maximum Gasteiger partial charge on any atom is 0.472 e. The molecule has 0 aromatic carbocycles.